The van der Waals surface area contributed by atoms with Gasteiger partial charge in [-0.1, -0.05) is 32.6 Å². The molecule has 5 nitrogen and oxygen atoms in total. The number of nitrogens with zero attached hydrogens (tertiary/aromatic N) is 1. The van der Waals surface area contributed by atoms with Gasteiger partial charge in [-0.25, -0.2) is 9.59 Å². The van der Waals surface area contributed by atoms with Gasteiger partial charge >= 0.3 is 12.0 Å². The summed E-state index contributed by atoms with van der Waals surface area (Å²) in [5, 5.41) is 11.9. The van der Waals surface area contributed by atoms with Crippen molar-refractivity contribution in [2.24, 2.45) is 0 Å². The van der Waals surface area contributed by atoms with Crippen LogP contribution in [-0.2, 0) is 4.79 Å². The van der Waals surface area contributed by atoms with E-state index in [1.165, 1.54) is 45.1 Å². The summed E-state index contributed by atoms with van der Waals surface area (Å²) in [6.45, 7) is 7.14. The topological polar surface area (TPSA) is 69.6 Å². The number of urea groups is 1. The number of likely N-dealkylation sites (N-methyl/N-ethyl adjacent to an activating group) is 1. The highest BCUT2D eigenvalue weighted by Gasteiger charge is 2.35. The Morgan fingerprint density at radius 1 is 1.26 bits per heavy atom. The smallest absolute Gasteiger partial charge is 0.329 e. The second-order valence-corrected chi connectivity index (χ2v) is 5.62. The number of amides is 2. The minimum atomic E-state index is -1.20. The van der Waals surface area contributed by atoms with Crippen LogP contribution in [0.15, 0.2) is 0 Å². The first-order valence-corrected chi connectivity index (χ1v) is 7.01. The predicted octanol–water partition coefficient (Wildman–Crippen LogP) is 2.85. The Kier molecular flexibility index (Phi) is 7.49. The van der Waals surface area contributed by atoms with Crippen LogP contribution in [0.5, 0.6) is 0 Å². The van der Waals surface area contributed by atoms with Crippen LogP contribution in [0.2, 0.25) is 0 Å². The number of hydrogen-bond acceptors (Lipinski definition) is 2. The molecule has 0 fully saturated rings. The first-order chi connectivity index (χ1) is 8.73. The van der Waals surface area contributed by atoms with E-state index in [0.29, 0.717) is 0 Å². The molecule has 1 atom stereocenters. The van der Waals surface area contributed by atoms with Crippen LogP contribution in [0.25, 0.3) is 0 Å². The lowest BCUT2D eigenvalue weighted by molar-refractivity contribution is -0.146. The Bertz CT molecular complexity index is 303. The molecule has 112 valence electrons. The highest BCUT2D eigenvalue weighted by molar-refractivity contribution is 5.85. The molecule has 2 N–H and O–H groups in total. The molecule has 0 spiro atoms. The molecule has 5 heteroatoms. The molecule has 0 aromatic rings. The van der Waals surface area contributed by atoms with E-state index in [0.717, 1.165) is 12.8 Å². The standard InChI is InChI=1S/C14H28N2O3/c1-6-7-8-9-10-11(2)15-13(19)16(5)14(3,4)12(17)18/h11H,6-10H2,1-5H3,(H,15,19)(H,17,18). The molecule has 0 saturated carbocycles. The monoisotopic (exact) mass is 272 g/mol. The third kappa shape index (κ3) is 5.94. The van der Waals surface area contributed by atoms with Crippen LogP contribution in [0.1, 0.15) is 59.8 Å². The summed E-state index contributed by atoms with van der Waals surface area (Å²) in [5.74, 6) is -1.01. The number of carbonyl (C=O) groups is 2. The molecule has 19 heavy (non-hydrogen) atoms. The van der Waals surface area contributed by atoms with Crippen molar-refractivity contribution in [1.29, 1.82) is 0 Å². The van der Waals surface area contributed by atoms with Crippen molar-refractivity contribution >= 4 is 12.0 Å². The molecule has 0 aliphatic carbocycles. The zero-order chi connectivity index (χ0) is 15.1. The molecule has 0 heterocycles. The zero-order valence-corrected chi connectivity index (χ0v) is 12.8. The van der Waals surface area contributed by atoms with E-state index in [1.54, 1.807) is 0 Å². The first-order valence-electron chi connectivity index (χ1n) is 7.01. The largest absolute Gasteiger partial charge is 0.480 e. The van der Waals surface area contributed by atoms with Crippen molar-refractivity contribution in [1.82, 2.24) is 10.2 Å². The van der Waals surface area contributed by atoms with Crippen molar-refractivity contribution in [2.75, 3.05) is 7.05 Å². The van der Waals surface area contributed by atoms with Crippen molar-refractivity contribution in [3.8, 4) is 0 Å². The summed E-state index contributed by atoms with van der Waals surface area (Å²) in [5.41, 5.74) is -1.20. The second kappa shape index (κ2) is 8.02. The van der Waals surface area contributed by atoms with E-state index >= 15 is 0 Å². The van der Waals surface area contributed by atoms with E-state index < -0.39 is 11.5 Å². The summed E-state index contributed by atoms with van der Waals surface area (Å²) in [7, 11) is 1.51. The molecule has 0 radical (unpaired) electrons. The Balaban J connectivity index is 4.18. The van der Waals surface area contributed by atoms with Crippen LogP contribution < -0.4 is 5.32 Å². The van der Waals surface area contributed by atoms with Crippen LogP contribution in [0, 0.1) is 0 Å². The van der Waals surface area contributed by atoms with Gasteiger partial charge in [0.15, 0.2) is 0 Å². The number of carboxylic acids is 1. The van der Waals surface area contributed by atoms with Gasteiger partial charge in [-0.2, -0.15) is 0 Å². The van der Waals surface area contributed by atoms with Gasteiger partial charge in [0.2, 0.25) is 0 Å². The molecule has 0 aliphatic heterocycles. The lowest BCUT2D eigenvalue weighted by Gasteiger charge is -2.32. The van der Waals surface area contributed by atoms with E-state index in [-0.39, 0.29) is 12.1 Å². The number of hydrogen-bond donors (Lipinski definition) is 2. The highest BCUT2D eigenvalue weighted by Crippen LogP contribution is 2.13. The van der Waals surface area contributed by atoms with Crippen molar-refractivity contribution in [3.63, 3.8) is 0 Å². The van der Waals surface area contributed by atoms with Crippen molar-refractivity contribution in [3.05, 3.63) is 0 Å². The molecule has 2 amide bonds. The fourth-order valence-corrected chi connectivity index (χ4v) is 1.65. The Morgan fingerprint density at radius 3 is 2.32 bits per heavy atom. The van der Waals surface area contributed by atoms with Crippen molar-refractivity contribution in [2.45, 2.75) is 71.4 Å². The van der Waals surface area contributed by atoms with Gasteiger partial charge in [0.25, 0.3) is 0 Å². The fraction of sp³-hybridized carbons (Fsp3) is 0.857. The van der Waals surface area contributed by atoms with Gasteiger partial charge in [-0.15, -0.1) is 0 Å². The quantitative estimate of drug-likeness (QED) is 0.667. The maximum absolute atomic E-state index is 11.9. The number of unbranched alkanes of at least 4 members (excludes halogenated alkanes) is 3. The maximum Gasteiger partial charge on any atom is 0.329 e. The summed E-state index contributed by atoms with van der Waals surface area (Å²) >= 11 is 0. The Hall–Kier alpha value is -1.26. The highest BCUT2D eigenvalue weighted by atomic mass is 16.4. The lowest BCUT2D eigenvalue weighted by Crippen LogP contribution is -2.55. The van der Waals surface area contributed by atoms with Crippen LogP contribution >= 0.6 is 0 Å². The predicted molar refractivity (Wildman–Crippen MR) is 76.2 cm³/mol. The fourth-order valence-electron chi connectivity index (χ4n) is 1.65. The first kappa shape index (κ1) is 17.7. The number of rotatable bonds is 8. The van der Waals surface area contributed by atoms with E-state index in [9.17, 15) is 9.59 Å². The van der Waals surface area contributed by atoms with Gasteiger partial charge < -0.3 is 15.3 Å². The van der Waals surface area contributed by atoms with E-state index in [2.05, 4.69) is 12.2 Å². The number of carbonyl (C=O) groups excluding carboxylic acids is 1. The lowest BCUT2D eigenvalue weighted by atomic mass is 10.0. The number of nitrogens with one attached hydrogen (secondary N) is 1. The molecular formula is C14H28N2O3. The van der Waals surface area contributed by atoms with Gasteiger partial charge in [0.1, 0.15) is 5.54 Å². The van der Waals surface area contributed by atoms with Crippen molar-refractivity contribution < 1.29 is 14.7 Å². The van der Waals surface area contributed by atoms with E-state index in [4.69, 9.17) is 5.11 Å². The second-order valence-electron chi connectivity index (χ2n) is 5.62. The summed E-state index contributed by atoms with van der Waals surface area (Å²) in [6.07, 6.45) is 5.59. The Labute approximate surface area is 116 Å². The van der Waals surface area contributed by atoms with Gasteiger partial charge in [-0.3, -0.25) is 0 Å². The van der Waals surface area contributed by atoms with Gasteiger partial charge in [0.05, 0.1) is 0 Å². The minimum Gasteiger partial charge on any atom is -0.480 e. The molecule has 0 aliphatic rings. The molecular weight excluding hydrogens is 244 g/mol. The normalized spacial score (nSPS) is 12.9. The average Bonchev–Trinajstić information content (AvgIpc) is 2.33. The average molecular weight is 272 g/mol. The van der Waals surface area contributed by atoms with Crippen LogP contribution in [0.4, 0.5) is 4.79 Å². The summed E-state index contributed by atoms with van der Waals surface area (Å²) < 4.78 is 0. The third-order valence-corrected chi connectivity index (χ3v) is 3.53. The molecule has 0 rings (SSSR count). The summed E-state index contributed by atoms with van der Waals surface area (Å²) in [6, 6.07) is -0.271. The molecule has 1 unspecified atom stereocenters. The summed E-state index contributed by atoms with van der Waals surface area (Å²) in [4.78, 5) is 24.3. The van der Waals surface area contributed by atoms with E-state index in [1.807, 2.05) is 6.92 Å². The molecule has 0 aromatic heterocycles. The third-order valence-electron chi connectivity index (χ3n) is 3.53. The van der Waals surface area contributed by atoms with Gasteiger partial charge in [0, 0.05) is 13.1 Å². The van der Waals surface area contributed by atoms with Gasteiger partial charge in [-0.05, 0) is 27.2 Å². The number of aliphatic carboxylic acids is 1. The maximum atomic E-state index is 11.9. The molecule has 0 aromatic carbocycles. The minimum absolute atomic E-state index is 0.0661. The number of carboxylic acid groups (broad SMARTS) is 1. The van der Waals surface area contributed by atoms with Crippen LogP contribution in [-0.4, -0.2) is 40.6 Å². The zero-order valence-electron chi connectivity index (χ0n) is 12.8. The molecule has 0 saturated heterocycles. The Morgan fingerprint density at radius 2 is 1.84 bits per heavy atom. The molecule has 0 bridgehead atoms. The SMILES string of the molecule is CCCCCCC(C)NC(=O)N(C)C(C)(C)C(=O)O. The van der Waals surface area contributed by atoms with Crippen LogP contribution in [0.3, 0.4) is 0 Å².